The Morgan fingerprint density at radius 2 is 1.80 bits per heavy atom. The lowest BCUT2D eigenvalue weighted by Crippen LogP contribution is -2.45. The third-order valence-corrected chi connectivity index (χ3v) is 4.86. The summed E-state index contributed by atoms with van der Waals surface area (Å²) in [7, 11) is 0. The predicted molar refractivity (Wildman–Crippen MR) is 97.4 cm³/mol. The molecule has 1 fully saturated rings. The van der Waals surface area contributed by atoms with Crippen LogP contribution in [0.3, 0.4) is 0 Å². The van der Waals surface area contributed by atoms with E-state index in [2.05, 4.69) is 29.6 Å². The zero-order valence-electron chi connectivity index (χ0n) is 14.3. The molecule has 2 aromatic carbocycles. The van der Waals surface area contributed by atoms with Gasteiger partial charge in [-0.15, -0.1) is 0 Å². The zero-order valence-corrected chi connectivity index (χ0v) is 14.3. The van der Waals surface area contributed by atoms with Crippen LogP contribution in [-0.2, 0) is 11.3 Å². The number of aliphatic carboxylic acids is 1. The van der Waals surface area contributed by atoms with Crippen molar-refractivity contribution >= 4 is 22.8 Å². The lowest BCUT2D eigenvalue weighted by molar-refractivity contribution is -0.136. The Morgan fingerprint density at radius 3 is 2.56 bits per heavy atom. The summed E-state index contributed by atoms with van der Waals surface area (Å²) in [4.78, 5) is 25.2. The van der Waals surface area contributed by atoms with Crippen molar-refractivity contribution in [2.24, 2.45) is 0 Å². The molecule has 3 rings (SSSR count). The molecule has 1 aliphatic rings. The van der Waals surface area contributed by atoms with E-state index in [1.807, 2.05) is 23.1 Å². The van der Waals surface area contributed by atoms with Crippen LogP contribution in [0.5, 0.6) is 0 Å². The largest absolute Gasteiger partial charge is 0.481 e. The summed E-state index contributed by atoms with van der Waals surface area (Å²) in [5.41, 5.74) is 1.12. The van der Waals surface area contributed by atoms with Crippen LogP contribution < -0.4 is 5.32 Å². The monoisotopic (exact) mass is 340 g/mol. The van der Waals surface area contributed by atoms with Crippen LogP contribution >= 0.6 is 0 Å². The van der Waals surface area contributed by atoms with E-state index < -0.39 is 5.97 Å². The Bertz CT molecular complexity index is 748. The van der Waals surface area contributed by atoms with Gasteiger partial charge in [0.15, 0.2) is 0 Å². The van der Waals surface area contributed by atoms with E-state index in [0.717, 1.165) is 42.0 Å². The van der Waals surface area contributed by atoms with Crippen molar-refractivity contribution < 1.29 is 14.7 Å². The van der Waals surface area contributed by atoms with Crippen molar-refractivity contribution in [3.63, 3.8) is 0 Å². The number of fused-ring (bicyclic) bond motifs is 1. The summed E-state index contributed by atoms with van der Waals surface area (Å²) in [5, 5.41) is 13.9. The number of nitrogens with zero attached hydrogens (tertiary/aromatic N) is 1. The number of benzene rings is 2. The average molecular weight is 340 g/mol. The van der Waals surface area contributed by atoms with E-state index in [-0.39, 0.29) is 25.0 Å². The number of carbonyl (C=O) groups excluding carboxylic acids is 1. The van der Waals surface area contributed by atoms with E-state index in [1.165, 1.54) is 0 Å². The maximum Gasteiger partial charge on any atom is 0.317 e. The molecule has 0 heterocycles. The van der Waals surface area contributed by atoms with Crippen LogP contribution in [0.15, 0.2) is 42.5 Å². The minimum atomic E-state index is -0.901. The molecule has 1 saturated carbocycles. The van der Waals surface area contributed by atoms with Gasteiger partial charge in [0.2, 0.25) is 0 Å². The summed E-state index contributed by atoms with van der Waals surface area (Å²) < 4.78 is 0. The molecule has 0 aliphatic heterocycles. The predicted octanol–water partition coefficient (Wildman–Crippen LogP) is 3.77. The van der Waals surface area contributed by atoms with Gasteiger partial charge >= 0.3 is 12.0 Å². The number of hydrogen-bond donors (Lipinski definition) is 2. The maximum absolute atomic E-state index is 12.7. The Morgan fingerprint density at radius 1 is 1.08 bits per heavy atom. The number of amides is 2. The smallest absolute Gasteiger partial charge is 0.317 e. The van der Waals surface area contributed by atoms with E-state index in [4.69, 9.17) is 5.11 Å². The van der Waals surface area contributed by atoms with Gasteiger partial charge in [0.1, 0.15) is 0 Å². The van der Waals surface area contributed by atoms with E-state index >= 15 is 0 Å². The quantitative estimate of drug-likeness (QED) is 0.841. The number of carbonyl (C=O) groups is 2. The Kier molecular flexibility index (Phi) is 5.53. The molecule has 2 amide bonds. The fourth-order valence-electron chi connectivity index (χ4n) is 3.57. The molecule has 0 aromatic heterocycles. The van der Waals surface area contributed by atoms with Crippen molar-refractivity contribution in [1.82, 2.24) is 10.2 Å². The van der Waals surface area contributed by atoms with Crippen LogP contribution in [-0.4, -0.2) is 34.6 Å². The van der Waals surface area contributed by atoms with Gasteiger partial charge in [-0.1, -0.05) is 55.3 Å². The highest BCUT2D eigenvalue weighted by atomic mass is 16.4. The molecule has 132 valence electrons. The number of carboxylic acids is 1. The van der Waals surface area contributed by atoms with Crippen molar-refractivity contribution in [3.8, 4) is 0 Å². The van der Waals surface area contributed by atoms with Gasteiger partial charge < -0.3 is 15.3 Å². The van der Waals surface area contributed by atoms with E-state index in [9.17, 15) is 9.59 Å². The third-order valence-electron chi connectivity index (χ3n) is 4.86. The molecule has 25 heavy (non-hydrogen) atoms. The van der Waals surface area contributed by atoms with E-state index in [1.54, 1.807) is 0 Å². The lowest BCUT2D eigenvalue weighted by atomic mass is 10.0. The van der Waals surface area contributed by atoms with Gasteiger partial charge in [-0.2, -0.15) is 0 Å². The molecular formula is C20H24N2O3. The minimum absolute atomic E-state index is 0.0570. The minimum Gasteiger partial charge on any atom is -0.481 e. The summed E-state index contributed by atoms with van der Waals surface area (Å²) in [6.45, 7) is 0.706. The van der Waals surface area contributed by atoms with Crippen LogP contribution in [0, 0.1) is 0 Å². The number of urea groups is 1. The molecule has 2 N–H and O–H groups in total. The van der Waals surface area contributed by atoms with Crippen LogP contribution in [0.25, 0.3) is 10.8 Å². The summed E-state index contributed by atoms with van der Waals surface area (Å²) in [6.07, 6.45) is 4.24. The molecule has 0 spiro atoms. The molecule has 2 aromatic rings. The molecule has 0 saturated heterocycles. The summed E-state index contributed by atoms with van der Waals surface area (Å²) in [6, 6.07) is 14.4. The second-order valence-electron chi connectivity index (χ2n) is 6.58. The number of hydrogen-bond acceptors (Lipinski definition) is 2. The Balaban J connectivity index is 1.79. The number of carboxylic acid groups (broad SMARTS) is 1. The van der Waals surface area contributed by atoms with Crippen molar-refractivity contribution in [2.75, 3.05) is 6.54 Å². The van der Waals surface area contributed by atoms with Gasteiger partial charge in [-0.05, 0) is 29.2 Å². The van der Waals surface area contributed by atoms with Crippen molar-refractivity contribution in [2.45, 2.75) is 44.7 Å². The molecule has 1 aliphatic carbocycles. The van der Waals surface area contributed by atoms with Gasteiger partial charge in [0.25, 0.3) is 0 Å². The Labute approximate surface area is 147 Å². The number of rotatable bonds is 6. The van der Waals surface area contributed by atoms with Crippen molar-refractivity contribution in [3.05, 3.63) is 48.0 Å². The van der Waals surface area contributed by atoms with Crippen molar-refractivity contribution in [1.29, 1.82) is 0 Å². The molecule has 5 heteroatoms. The fraction of sp³-hybridized carbons (Fsp3) is 0.400. The first-order valence-electron chi connectivity index (χ1n) is 8.88. The summed E-state index contributed by atoms with van der Waals surface area (Å²) in [5.74, 6) is -0.901. The topological polar surface area (TPSA) is 69.6 Å². The normalized spacial score (nSPS) is 14.6. The SMILES string of the molecule is O=C(O)CCNC(=O)N(Cc1cccc2ccccc12)C1CCCC1. The standard InChI is InChI=1S/C20H24N2O3/c23-19(24)12-13-21-20(25)22(17-9-2-3-10-17)14-16-8-5-7-15-6-1-4-11-18(15)16/h1,4-8,11,17H,2-3,9-10,12-14H2,(H,21,25)(H,23,24). The van der Waals surface area contributed by atoms with Crippen LogP contribution in [0.1, 0.15) is 37.7 Å². The van der Waals surface area contributed by atoms with Crippen LogP contribution in [0.2, 0.25) is 0 Å². The third kappa shape index (κ3) is 4.29. The highest BCUT2D eigenvalue weighted by Gasteiger charge is 2.27. The first-order valence-corrected chi connectivity index (χ1v) is 8.88. The first kappa shape index (κ1) is 17.3. The van der Waals surface area contributed by atoms with Gasteiger partial charge in [0, 0.05) is 19.1 Å². The zero-order chi connectivity index (χ0) is 17.6. The average Bonchev–Trinajstić information content (AvgIpc) is 3.13. The molecule has 0 bridgehead atoms. The highest BCUT2D eigenvalue weighted by Crippen LogP contribution is 2.27. The van der Waals surface area contributed by atoms with Gasteiger partial charge in [0.05, 0.1) is 6.42 Å². The highest BCUT2D eigenvalue weighted by molar-refractivity contribution is 5.86. The maximum atomic E-state index is 12.7. The Hall–Kier alpha value is -2.56. The lowest BCUT2D eigenvalue weighted by Gasteiger charge is -2.29. The molecule has 5 nitrogen and oxygen atoms in total. The second kappa shape index (κ2) is 8.01. The summed E-state index contributed by atoms with van der Waals surface area (Å²) >= 11 is 0. The van der Waals surface area contributed by atoms with Gasteiger partial charge in [-0.3, -0.25) is 4.79 Å². The second-order valence-corrected chi connectivity index (χ2v) is 6.58. The molecular weight excluding hydrogens is 316 g/mol. The van der Waals surface area contributed by atoms with Gasteiger partial charge in [-0.25, -0.2) is 4.79 Å². The van der Waals surface area contributed by atoms with E-state index in [0.29, 0.717) is 6.54 Å². The molecule has 0 unspecified atom stereocenters. The first-order chi connectivity index (χ1) is 12.1. The molecule has 0 radical (unpaired) electrons. The molecule has 0 atom stereocenters. The fourth-order valence-corrected chi connectivity index (χ4v) is 3.57. The van der Waals surface area contributed by atoms with Crippen LogP contribution in [0.4, 0.5) is 4.79 Å². The number of nitrogens with one attached hydrogen (secondary N) is 1.